The van der Waals surface area contributed by atoms with Crippen molar-refractivity contribution in [1.29, 1.82) is 0 Å². The summed E-state index contributed by atoms with van der Waals surface area (Å²) in [6, 6.07) is 13.3. The first-order chi connectivity index (χ1) is 13.0. The van der Waals surface area contributed by atoms with Gasteiger partial charge in [0, 0.05) is 5.56 Å². The summed E-state index contributed by atoms with van der Waals surface area (Å²) < 4.78 is 10.6. The van der Waals surface area contributed by atoms with Gasteiger partial charge in [-0.05, 0) is 23.8 Å². The number of allylic oxidation sites excluding steroid dienone is 1. The molecule has 0 radical (unpaired) electrons. The minimum absolute atomic E-state index is 0.0383. The zero-order chi connectivity index (χ0) is 19.4. The first-order valence-corrected chi connectivity index (χ1v) is 8.39. The number of ether oxygens (including phenoxy) is 2. The molecule has 1 fully saturated rings. The van der Waals surface area contributed by atoms with Gasteiger partial charge in [-0.25, -0.2) is 0 Å². The minimum atomic E-state index is -1.36. The fourth-order valence-electron chi connectivity index (χ4n) is 2.70. The maximum Gasteiger partial charge on any atom is 0.229 e. The fourth-order valence-corrected chi connectivity index (χ4v) is 2.70. The summed E-state index contributed by atoms with van der Waals surface area (Å²) >= 11 is 0. The normalized spacial score (nSPS) is 25.0. The highest BCUT2D eigenvalue weighted by Crippen LogP contribution is 2.31. The second kappa shape index (κ2) is 8.32. The molecule has 4 N–H and O–H groups in total. The average Bonchev–Trinajstić information content (AvgIpc) is 2.96. The van der Waals surface area contributed by atoms with Crippen LogP contribution in [0, 0.1) is 0 Å². The third-order valence-corrected chi connectivity index (χ3v) is 4.21. The Morgan fingerprint density at radius 2 is 1.85 bits per heavy atom. The number of phenolic OH excluding ortho intramolecular Hbond substituents is 1. The van der Waals surface area contributed by atoms with Crippen LogP contribution in [0.15, 0.2) is 54.6 Å². The highest BCUT2D eigenvalue weighted by Gasteiger charge is 2.44. The van der Waals surface area contributed by atoms with Crippen LogP contribution in [0.1, 0.15) is 15.9 Å². The molecule has 4 atom stereocenters. The predicted molar refractivity (Wildman–Crippen MR) is 96.3 cm³/mol. The van der Waals surface area contributed by atoms with Crippen molar-refractivity contribution in [3.63, 3.8) is 0 Å². The first-order valence-electron chi connectivity index (χ1n) is 8.39. The maximum atomic E-state index is 12.1. The quantitative estimate of drug-likeness (QED) is 0.443. The van der Waals surface area contributed by atoms with Gasteiger partial charge in [0.15, 0.2) is 17.3 Å². The van der Waals surface area contributed by atoms with Gasteiger partial charge in [0.1, 0.15) is 18.3 Å². The van der Waals surface area contributed by atoms with Crippen LogP contribution in [0.3, 0.4) is 0 Å². The van der Waals surface area contributed by atoms with Gasteiger partial charge >= 0.3 is 0 Å². The van der Waals surface area contributed by atoms with E-state index in [2.05, 4.69) is 0 Å². The van der Waals surface area contributed by atoms with E-state index in [1.807, 2.05) is 6.07 Å². The number of phenols is 1. The van der Waals surface area contributed by atoms with Gasteiger partial charge in [-0.1, -0.05) is 42.5 Å². The van der Waals surface area contributed by atoms with Crippen molar-refractivity contribution in [2.24, 2.45) is 0 Å². The second-order valence-corrected chi connectivity index (χ2v) is 6.12. The fraction of sp³-hybridized carbons (Fsp3) is 0.250. The van der Waals surface area contributed by atoms with Gasteiger partial charge in [-0.15, -0.1) is 0 Å². The molecule has 7 nitrogen and oxygen atoms in total. The van der Waals surface area contributed by atoms with Gasteiger partial charge < -0.3 is 29.9 Å². The van der Waals surface area contributed by atoms with E-state index >= 15 is 0 Å². The van der Waals surface area contributed by atoms with Crippen LogP contribution in [-0.4, -0.2) is 57.4 Å². The molecule has 1 heterocycles. The van der Waals surface area contributed by atoms with Gasteiger partial charge in [0.05, 0.1) is 6.61 Å². The van der Waals surface area contributed by atoms with Crippen LogP contribution in [-0.2, 0) is 4.74 Å². The molecule has 1 saturated heterocycles. The number of rotatable bonds is 6. The molecule has 0 spiro atoms. The van der Waals surface area contributed by atoms with Gasteiger partial charge in [-0.3, -0.25) is 4.79 Å². The van der Waals surface area contributed by atoms with Crippen LogP contribution < -0.4 is 4.74 Å². The molecule has 3 rings (SSSR count). The molecule has 2 aromatic rings. The molecular weight excluding hydrogens is 352 g/mol. The Morgan fingerprint density at radius 3 is 2.48 bits per heavy atom. The number of aromatic hydroxyl groups is 1. The largest absolute Gasteiger partial charge is 0.504 e. The molecule has 27 heavy (non-hydrogen) atoms. The van der Waals surface area contributed by atoms with Crippen LogP contribution in [0.4, 0.5) is 0 Å². The summed E-state index contributed by atoms with van der Waals surface area (Å²) in [6.07, 6.45) is -1.86. The van der Waals surface area contributed by atoms with E-state index < -0.39 is 31.2 Å². The standard InChI is InChI=1S/C20H20O7/c21-11-17-18(24)19(25)20(27-17)26-16-9-7-12(10-15(16)23)6-8-14(22)13-4-2-1-3-5-13/h1-10,17-21,23-25H,11H2. The summed E-state index contributed by atoms with van der Waals surface area (Å²) in [5.41, 5.74) is 1.13. The number of ketones is 1. The van der Waals surface area contributed by atoms with Crippen molar-refractivity contribution < 1.29 is 34.7 Å². The van der Waals surface area contributed by atoms with Gasteiger partial charge in [0.25, 0.3) is 0 Å². The number of benzene rings is 2. The Hall–Kier alpha value is -2.71. The van der Waals surface area contributed by atoms with Crippen LogP contribution in [0.25, 0.3) is 6.08 Å². The molecule has 0 saturated carbocycles. The lowest BCUT2D eigenvalue weighted by Crippen LogP contribution is -2.35. The van der Waals surface area contributed by atoms with Crippen molar-refractivity contribution in [2.75, 3.05) is 6.61 Å². The Bertz CT molecular complexity index is 818. The number of hydrogen-bond donors (Lipinski definition) is 4. The number of aliphatic hydroxyl groups excluding tert-OH is 3. The van der Waals surface area contributed by atoms with Crippen molar-refractivity contribution in [3.05, 3.63) is 65.7 Å². The molecule has 0 bridgehead atoms. The predicted octanol–water partition coefficient (Wildman–Crippen LogP) is 1.11. The van der Waals surface area contributed by atoms with E-state index in [-0.39, 0.29) is 17.3 Å². The molecule has 7 heteroatoms. The second-order valence-electron chi connectivity index (χ2n) is 6.12. The Balaban J connectivity index is 1.67. The van der Waals surface area contributed by atoms with Crippen molar-refractivity contribution in [2.45, 2.75) is 24.6 Å². The zero-order valence-corrected chi connectivity index (χ0v) is 14.3. The summed E-state index contributed by atoms with van der Waals surface area (Å²) in [5, 5.41) is 38.8. The van der Waals surface area contributed by atoms with Crippen molar-refractivity contribution >= 4 is 11.9 Å². The highest BCUT2D eigenvalue weighted by molar-refractivity contribution is 6.06. The van der Waals surface area contributed by atoms with Crippen molar-refractivity contribution in [3.8, 4) is 11.5 Å². The molecular formula is C20H20O7. The van der Waals surface area contributed by atoms with E-state index in [4.69, 9.17) is 14.6 Å². The van der Waals surface area contributed by atoms with Crippen LogP contribution >= 0.6 is 0 Å². The third kappa shape index (κ3) is 4.35. The van der Waals surface area contributed by atoms with Gasteiger partial charge in [-0.2, -0.15) is 0 Å². The molecule has 0 amide bonds. The number of carbonyl (C=O) groups is 1. The molecule has 0 aliphatic carbocycles. The minimum Gasteiger partial charge on any atom is -0.504 e. The monoisotopic (exact) mass is 372 g/mol. The lowest BCUT2D eigenvalue weighted by atomic mass is 10.1. The SMILES string of the molecule is O=C(C=Cc1ccc(OC2OC(CO)C(O)C2O)c(O)c1)c1ccccc1. The highest BCUT2D eigenvalue weighted by atomic mass is 16.7. The van der Waals surface area contributed by atoms with E-state index in [0.717, 1.165) is 0 Å². The average molecular weight is 372 g/mol. The summed E-state index contributed by atoms with van der Waals surface area (Å²) in [6.45, 7) is -0.469. The van der Waals surface area contributed by atoms with E-state index in [0.29, 0.717) is 11.1 Å². The van der Waals surface area contributed by atoms with Crippen LogP contribution in [0.5, 0.6) is 11.5 Å². The summed E-state index contributed by atoms with van der Waals surface area (Å²) in [4.78, 5) is 12.1. The van der Waals surface area contributed by atoms with Gasteiger partial charge in [0.2, 0.25) is 6.29 Å². The Labute approximate surface area is 155 Å². The molecule has 0 aromatic heterocycles. The smallest absolute Gasteiger partial charge is 0.229 e. The number of hydrogen-bond acceptors (Lipinski definition) is 7. The van der Waals surface area contributed by atoms with Crippen LogP contribution in [0.2, 0.25) is 0 Å². The third-order valence-electron chi connectivity index (χ3n) is 4.21. The maximum absolute atomic E-state index is 12.1. The molecule has 142 valence electrons. The molecule has 4 unspecified atom stereocenters. The zero-order valence-electron chi connectivity index (χ0n) is 14.3. The Morgan fingerprint density at radius 1 is 1.11 bits per heavy atom. The molecule has 2 aromatic carbocycles. The van der Waals surface area contributed by atoms with E-state index in [1.165, 1.54) is 18.2 Å². The van der Waals surface area contributed by atoms with E-state index in [1.54, 1.807) is 36.4 Å². The lowest BCUT2D eigenvalue weighted by Gasteiger charge is -2.17. The number of aliphatic hydroxyl groups is 3. The Kier molecular flexibility index (Phi) is 5.88. The van der Waals surface area contributed by atoms with Crippen molar-refractivity contribution in [1.82, 2.24) is 0 Å². The lowest BCUT2D eigenvalue weighted by molar-refractivity contribution is -0.117. The first kappa shape index (κ1) is 19.1. The molecule has 1 aliphatic heterocycles. The topological polar surface area (TPSA) is 116 Å². The summed E-state index contributed by atoms with van der Waals surface area (Å²) in [5.74, 6) is -0.347. The molecule has 1 aliphatic rings. The van der Waals surface area contributed by atoms with E-state index in [9.17, 15) is 20.1 Å². The summed E-state index contributed by atoms with van der Waals surface area (Å²) in [7, 11) is 0. The number of carbonyl (C=O) groups excluding carboxylic acids is 1.